The van der Waals surface area contributed by atoms with Crippen molar-refractivity contribution in [3.05, 3.63) is 23.8 Å². The molecule has 1 heterocycles. The van der Waals surface area contributed by atoms with Gasteiger partial charge in [-0.25, -0.2) is 8.42 Å². The normalized spacial score (nSPS) is 14.1. The highest BCUT2D eigenvalue weighted by Crippen LogP contribution is 2.25. The van der Waals surface area contributed by atoms with E-state index in [1.165, 1.54) is 7.11 Å². The lowest BCUT2D eigenvalue weighted by atomic mass is 10.0. The zero-order valence-corrected chi connectivity index (χ0v) is 12.1. The first-order chi connectivity index (χ1) is 9.50. The molecule has 6 nitrogen and oxygen atoms in total. The molecule has 110 valence electrons. The second-order valence-electron chi connectivity index (χ2n) is 4.65. The molecule has 0 saturated heterocycles. The Morgan fingerprint density at radius 3 is 3.00 bits per heavy atom. The molecular weight excluding hydrogens is 280 g/mol. The minimum absolute atomic E-state index is 0.154. The van der Waals surface area contributed by atoms with Crippen LogP contribution in [-0.4, -0.2) is 33.8 Å². The van der Waals surface area contributed by atoms with Gasteiger partial charge in [-0.3, -0.25) is 9.52 Å². The largest absolute Gasteiger partial charge is 0.469 e. The van der Waals surface area contributed by atoms with E-state index in [1.54, 1.807) is 6.07 Å². The van der Waals surface area contributed by atoms with E-state index in [1.807, 2.05) is 12.1 Å². The second-order valence-corrected chi connectivity index (χ2v) is 6.49. The van der Waals surface area contributed by atoms with E-state index in [9.17, 15) is 13.2 Å². The molecule has 1 aliphatic rings. The van der Waals surface area contributed by atoms with Crippen molar-refractivity contribution in [2.45, 2.75) is 19.3 Å². The highest BCUT2D eigenvalue weighted by Gasteiger charge is 2.15. The fourth-order valence-electron chi connectivity index (χ4n) is 2.09. The molecule has 0 aromatic heterocycles. The molecule has 2 N–H and O–H groups in total. The first-order valence-corrected chi connectivity index (χ1v) is 8.09. The number of esters is 1. The number of methoxy groups -OCH3 is 1. The van der Waals surface area contributed by atoms with Crippen molar-refractivity contribution >= 4 is 27.4 Å². The first kappa shape index (κ1) is 14.6. The van der Waals surface area contributed by atoms with Crippen molar-refractivity contribution in [3.63, 3.8) is 0 Å². The molecule has 0 amide bonds. The number of hydrogen-bond donors (Lipinski definition) is 2. The fraction of sp³-hybridized carbons (Fsp3) is 0.462. The number of benzene rings is 1. The zero-order valence-electron chi connectivity index (χ0n) is 11.3. The van der Waals surface area contributed by atoms with Crippen molar-refractivity contribution in [3.8, 4) is 0 Å². The summed E-state index contributed by atoms with van der Waals surface area (Å²) < 4.78 is 30.6. The van der Waals surface area contributed by atoms with Crippen LogP contribution in [-0.2, 0) is 26.0 Å². The molecule has 7 heteroatoms. The number of aryl methyl sites for hydroxylation is 1. The van der Waals surface area contributed by atoms with Crippen LogP contribution < -0.4 is 10.0 Å². The van der Waals surface area contributed by atoms with Gasteiger partial charge < -0.3 is 10.1 Å². The molecule has 0 atom stereocenters. The summed E-state index contributed by atoms with van der Waals surface area (Å²) in [5.74, 6) is -0.820. The van der Waals surface area contributed by atoms with Gasteiger partial charge in [0.05, 0.1) is 19.3 Å². The van der Waals surface area contributed by atoms with Gasteiger partial charge >= 0.3 is 5.97 Å². The summed E-state index contributed by atoms with van der Waals surface area (Å²) in [6.07, 6.45) is 1.81. The minimum atomic E-state index is -3.54. The fourth-order valence-corrected chi connectivity index (χ4v) is 3.11. The lowest BCUT2D eigenvalue weighted by Gasteiger charge is -2.19. The Kier molecular flexibility index (Phi) is 4.49. The van der Waals surface area contributed by atoms with E-state index >= 15 is 0 Å². The molecule has 0 saturated carbocycles. The van der Waals surface area contributed by atoms with E-state index < -0.39 is 16.0 Å². The third-order valence-corrected chi connectivity index (χ3v) is 4.41. The minimum Gasteiger partial charge on any atom is -0.469 e. The summed E-state index contributed by atoms with van der Waals surface area (Å²) in [5.41, 5.74) is 2.68. The predicted molar refractivity (Wildman–Crippen MR) is 77.3 cm³/mol. The van der Waals surface area contributed by atoms with Gasteiger partial charge in [0, 0.05) is 17.9 Å². The lowest BCUT2D eigenvalue weighted by Crippen LogP contribution is -2.20. The van der Waals surface area contributed by atoms with Crippen LogP contribution >= 0.6 is 0 Å². The molecule has 1 aliphatic heterocycles. The molecule has 1 aromatic rings. The number of sulfonamides is 1. The Bertz CT molecular complexity index is 598. The summed E-state index contributed by atoms with van der Waals surface area (Å²) in [6, 6.07) is 5.41. The third kappa shape index (κ3) is 3.86. The maximum absolute atomic E-state index is 11.9. The highest BCUT2D eigenvalue weighted by molar-refractivity contribution is 7.92. The molecule has 0 radical (unpaired) electrons. The number of hydrogen-bond acceptors (Lipinski definition) is 5. The van der Waals surface area contributed by atoms with Crippen molar-refractivity contribution in [1.82, 2.24) is 0 Å². The molecule has 0 bridgehead atoms. The van der Waals surface area contributed by atoms with Crippen LogP contribution in [0.5, 0.6) is 0 Å². The maximum Gasteiger partial charge on any atom is 0.306 e. The van der Waals surface area contributed by atoms with Crippen molar-refractivity contribution < 1.29 is 17.9 Å². The van der Waals surface area contributed by atoms with Crippen molar-refractivity contribution in [2.24, 2.45) is 0 Å². The average molecular weight is 298 g/mol. The van der Waals surface area contributed by atoms with Crippen LogP contribution in [0.4, 0.5) is 11.4 Å². The highest BCUT2D eigenvalue weighted by atomic mass is 32.2. The Morgan fingerprint density at radius 1 is 1.45 bits per heavy atom. The van der Waals surface area contributed by atoms with E-state index in [2.05, 4.69) is 14.8 Å². The Labute approximate surface area is 118 Å². The third-order valence-electron chi connectivity index (χ3n) is 3.12. The van der Waals surface area contributed by atoms with Gasteiger partial charge in [-0.05, 0) is 36.6 Å². The average Bonchev–Trinajstić information content (AvgIpc) is 2.44. The van der Waals surface area contributed by atoms with E-state index in [0.29, 0.717) is 5.69 Å². The SMILES string of the molecule is COC(=O)CCS(=O)(=O)Nc1ccc2c(c1)CCCN2. The number of carbonyl (C=O) groups excluding carboxylic acids is 1. The van der Waals surface area contributed by atoms with Gasteiger partial charge in [0.25, 0.3) is 0 Å². The van der Waals surface area contributed by atoms with Gasteiger partial charge in [-0.15, -0.1) is 0 Å². The summed E-state index contributed by atoms with van der Waals surface area (Å²) in [6.45, 7) is 0.942. The number of nitrogens with one attached hydrogen (secondary N) is 2. The van der Waals surface area contributed by atoms with Gasteiger partial charge in [-0.1, -0.05) is 0 Å². The van der Waals surface area contributed by atoms with Crippen LogP contribution in [0.2, 0.25) is 0 Å². The first-order valence-electron chi connectivity index (χ1n) is 6.44. The number of ether oxygens (including phenoxy) is 1. The monoisotopic (exact) mass is 298 g/mol. The summed E-state index contributed by atoms with van der Waals surface area (Å²) in [5, 5.41) is 3.26. The van der Waals surface area contributed by atoms with Crippen molar-refractivity contribution in [2.75, 3.05) is 29.4 Å². The number of rotatable bonds is 5. The molecule has 1 aromatic carbocycles. The molecule has 0 fully saturated rings. The summed E-state index contributed by atoms with van der Waals surface area (Å²) >= 11 is 0. The maximum atomic E-state index is 11.9. The van der Waals surface area contributed by atoms with Gasteiger partial charge in [0.2, 0.25) is 10.0 Å². The molecule has 0 unspecified atom stereocenters. The quantitative estimate of drug-likeness (QED) is 0.802. The van der Waals surface area contributed by atoms with Gasteiger partial charge in [0.15, 0.2) is 0 Å². The van der Waals surface area contributed by atoms with Crippen LogP contribution in [0.3, 0.4) is 0 Å². The molecule has 20 heavy (non-hydrogen) atoms. The number of carbonyl (C=O) groups is 1. The van der Waals surface area contributed by atoms with E-state index in [-0.39, 0.29) is 12.2 Å². The Hall–Kier alpha value is -1.76. The summed E-state index contributed by atoms with van der Waals surface area (Å²) in [4.78, 5) is 11.0. The van der Waals surface area contributed by atoms with Crippen LogP contribution in [0.25, 0.3) is 0 Å². The standard InChI is InChI=1S/C13H18N2O4S/c1-19-13(16)6-8-20(17,18)15-11-4-5-12-10(9-11)3-2-7-14-12/h4-5,9,14-15H,2-3,6-8H2,1H3. The topological polar surface area (TPSA) is 84.5 Å². The Morgan fingerprint density at radius 2 is 2.25 bits per heavy atom. The zero-order chi connectivity index (χ0) is 14.6. The number of fused-ring (bicyclic) bond motifs is 1. The van der Waals surface area contributed by atoms with Gasteiger partial charge in [-0.2, -0.15) is 0 Å². The van der Waals surface area contributed by atoms with Crippen LogP contribution in [0, 0.1) is 0 Å². The van der Waals surface area contributed by atoms with Gasteiger partial charge in [0.1, 0.15) is 0 Å². The smallest absolute Gasteiger partial charge is 0.306 e. The Balaban J connectivity index is 2.03. The van der Waals surface area contributed by atoms with Crippen LogP contribution in [0.15, 0.2) is 18.2 Å². The lowest BCUT2D eigenvalue weighted by molar-refractivity contribution is -0.140. The van der Waals surface area contributed by atoms with Crippen molar-refractivity contribution in [1.29, 1.82) is 0 Å². The number of anilines is 2. The van der Waals surface area contributed by atoms with E-state index in [0.717, 1.165) is 30.6 Å². The molecule has 2 rings (SSSR count). The van der Waals surface area contributed by atoms with Crippen LogP contribution in [0.1, 0.15) is 18.4 Å². The van der Waals surface area contributed by atoms with E-state index in [4.69, 9.17) is 0 Å². The second kappa shape index (κ2) is 6.13. The molecular formula is C13H18N2O4S. The predicted octanol–water partition coefficient (Wildman–Crippen LogP) is 1.35. The molecule has 0 aliphatic carbocycles. The molecule has 0 spiro atoms. The summed E-state index contributed by atoms with van der Waals surface area (Å²) in [7, 11) is -2.30.